The summed E-state index contributed by atoms with van der Waals surface area (Å²) in [4.78, 5) is 19.4. The number of hydrogen-bond donors (Lipinski definition) is 1. The van der Waals surface area contributed by atoms with Crippen LogP contribution in [0.3, 0.4) is 0 Å². The van der Waals surface area contributed by atoms with Crippen molar-refractivity contribution in [2.24, 2.45) is 0 Å². The molecule has 0 aliphatic heterocycles. The lowest BCUT2D eigenvalue weighted by atomic mass is 10.1. The Morgan fingerprint density at radius 2 is 1.90 bits per heavy atom. The Kier molecular flexibility index (Phi) is 24.6. The molecule has 0 radical (unpaired) electrons. The zero-order chi connectivity index (χ0) is 23.2. The van der Waals surface area contributed by atoms with Gasteiger partial charge < -0.3 is 9.80 Å². The highest BCUT2D eigenvalue weighted by molar-refractivity contribution is 9.09. The Bertz CT molecular complexity index is 631. The highest BCUT2D eigenvalue weighted by Gasteiger charge is 2.07. The maximum Gasteiger partial charge on any atom is 0.156 e. The first-order valence-corrected chi connectivity index (χ1v) is 11.5. The zero-order valence-corrected chi connectivity index (χ0v) is 21.5. The van der Waals surface area contributed by atoms with Gasteiger partial charge in [-0.3, -0.25) is 15.2 Å². The van der Waals surface area contributed by atoms with E-state index >= 15 is 0 Å². The van der Waals surface area contributed by atoms with E-state index in [1.807, 2.05) is 84.4 Å². The van der Waals surface area contributed by atoms with Gasteiger partial charge in [0.05, 0.1) is 6.34 Å². The summed E-state index contributed by atoms with van der Waals surface area (Å²) in [5.74, 6) is 0. The molecule has 1 heterocycles. The number of aryl methyl sites for hydroxylation is 1. The van der Waals surface area contributed by atoms with Crippen molar-refractivity contribution in [3.05, 3.63) is 53.4 Å². The van der Waals surface area contributed by atoms with E-state index in [9.17, 15) is 4.79 Å². The molecule has 0 aliphatic carbocycles. The Balaban J connectivity index is -0.000000432. The summed E-state index contributed by atoms with van der Waals surface area (Å²) in [6, 6.07) is 1.95. The quantitative estimate of drug-likeness (QED) is 0.128. The molecule has 29 heavy (non-hydrogen) atoms. The van der Waals surface area contributed by atoms with Gasteiger partial charge in [-0.25, -0.2) is 0 Å². The number of rotatable bonds is 7. The van der Waals surface area contributed by atoms with Crippen molar-refractivity contribution in [1.82, 2.24) is 9.88 Å². The van der Waals surface area contributed by atoms with Crippen LogP contribution in [0.4, 0.5) is 5.69 Å². The van der Waals surface area contributed by atoms with Crippen LogP contribution in [0.2, 0.25) is 0 Å². The molecule has 1 N–H and O–H groups in total. The van der Waals surface area contributed by atoms with Gasteiger partial charge in [0, 0.05) is 60.7 Å². The monoisotopic (exact) mass is 484 g/mol. The number of pyridine rings is 1. The fraction of sp³-hybridized carbons (Fsp3) is 0.409. The minimum Gasteiger partial charge on any atom is -0.377 e. The Morgan fingerprint density at radius 3 is 2.21 bits per heavy atom. The average Bonchev–Trinajstić information content (AvgIpc) is 2.74. The molecule has 1 aromatic heterocycles. The molecule has 1 rings (SSSR count). The Morgan fingerprint density at radius 1 is 1.34 bits per heavy atom. The van der Waals surface area contributed by atoms with Crippen LogP contribution < -0.4 is 4.90 Å². The van der Waals surface area contributed by atoms with Gasteiger partial charge in [0.2, 0.25) is 0 Å². The van der Waals surface area contributed by atoms with Gasteiger partial charge in [-0.05, 0) is 32.2 Å². The standard InChI is InChI=1S/C12H16N2OS.C5H10N2.C3H5Br.C2H6/c1-9-11(7-10(8-15)16-4)12(14(2)3)5-6-13-9;1-3-4-7(2)5-6;1-2-3-4;1-2/h5-8H,1-4H3;3-6H,1-2H3;2H,1,3H2;1-2H3/b10-7-;4-3+,6-5?;;. The molecule has 5 nitrogen and oxygen atoms in total. The summed E-state index contributed by atoms with van der Waals surface area (Å²) >= 11 is 4.57. The van der Waals surface area contributed by atoms with Gasteiger partial charge in [-0.1, -0.05) is 41.9 Å². The van der Waals surface area contributed by atoms with Crippen LogP contribution in [0, 0.1) is 12.3 Å². The summed E-state index contributed by atoms with van der Waals surface area (Å²) in [5.41, 5.74) is 3.00. The summed E-state index contributed by atoms with van der Waals surface area (Å²) in [7, 11) is 5.77. The van der Waals surface area contributed by atoms with E-state index in [4.69, 9.17) is 5.41 Å². The topological polar surface area (TPSA) is 60.3 Å². The zero-order valence-electron chi connectivity index (χ0n) is 19.1. The molecule has 0 spiro atoms. The van der Waals surface area contributed by atoms with Crippen molar-refractivity contribution in [3.8, 4) is 0 Å². The number of allylic oxidation sites excluding steroid dienone is 3. The normalized spacial score (nSPS) is 9.62. The molecule has 0 unspecified atom stereocenters. The smallest absolute Gasteiger partial charge is 0.156 e. The third kappa shape index (κ3) is 16.8. The lowest BCUT2D eigenvalue weighted by molar-refractivity contribution is -0.104. The molecule has 0 aromatic carbocycles. The molecule has 7 heteroatoms. The van der Waals surface area contributed by atoms with Crippen molar-refractivity contribution in [2.75, 3.05) is 37.6 Å². The molecule has 0 bridgehead atoms. The maximum absolute atomic E-state index is 10.8. The highest BCUT2D eigenvalue weighted by atomic mass is 79.9. The second-order valence-electron chi connectivity index (χ2n) is 5.31. The minimum absolute atomic E-state index is 0.708. The highest BCUT2D eigenvalue weighted by Crippen LogP contribution is 2.25. The minimum atomic E-state index is 0.708. The second kappa shape index (κ2) is 22.4. The number of carbonyl (C=O) groups is 1. The summed E-state index contributed by atoms with van der Waals surface area (Å²) < 4.78 is 0. The van der Waals surface area contributed by atoms with Gasteiger partial charge in [-0.15, -0.1) is 18.3 Å². The van der Waals surface area contributed by atoms with Crippen molar-refractivity contribution in [2.45, 2.75) is 27.7 Å². The molecule has 164 valence electrons. The third-order valence-corrected chi connectivity index (χ3v) is 4.13. The van der Waals surface area contributed by atoms with Gasteiger partial charge in [-0.2, -0.15) is 0 Å². The first-order chi connectivity index (χ1) is 13.8. The van der Waals surface area contributed by atoms with E-state index < -0.39 is 0 Å². The van der Waals surface area contributed by atoms with E-state index in [2.05, 4.69) is 27.5 Å². The van der Waals surface area contributed by atoms with Gasteiger partial charge >= 0.3 is 0 Å². The van der Waals surface area contributed by atoms with Crippen LogP contribution >= 0.6 is 27.7 Å². The van der Waals surface area contributed by atoms with Crippen LogP contribution in [0.15, 0.2) is 42.1 Å². The van der Waals surface area contributed by atoms with Gasteiger partial charge in [0.25, 0.3) is 0 Å². The van der Waals surface area contributed by atoms with E-state index in [0.29, 0.717) is 4.91 Å². The number of carbonyl (C=O) groups excluding carboxylic acids is 1. The van der Waals surface area contributed by atoms with E-state index in [1.54, 1.807) is 17.2 Å². The Labute approximate surface area is 190 Å². The first-order valence-electron chi connectivity index (χ1n) is 9.18. The van der Waals surface area contributed by atoms with E-state index in [0.717, 1.165) is 28.6 Å². The summed E-state index contributed by atoms with van der Waals surface area (Å²) in [6.07, 6.45) is 13.2. The molecule has 0 amide bonds. The SMILES string of the molecule is C/C=C/N(C)C=N.C=CCBr.CC.CS/C(C=O)=C\c1c(N(C)C)ccnc1C. The van der Waals surface area contributed by atoms with Crippen LogP contribution in [-0.4, -0.2) is 55.2 Å². The summed E-state index contributed by atoms with van der Waals surface area (Å²) in [6.45, 7) is 11.3. The molecule has 0 fully saturated rings. The number of aromatic nitrogens is 1. The number of nitrogens with zero attached hydrogens (tertiary/aromatic N) is 3. The van der Waals surface area contributed by atoms with Crippen molar-refractivity contribution in [1.29, 1.82) is 5.41 Å². The second-order valence-corrected chi connectivity index (χ2v) is 6.84. The molecule has 0 saturated heterocycles. The lowest BCUT2D eigenvalue weighted by Gasteiger charge is -2.16. The average molecular weight is 486 g/mol. The van der Waals surface area contributed by atoms with Gasteiger partial charge in [0.1, 0.15) is 0 Å². The van der Waals surface area contributed by atoms with Crippen molar-refractivity contribution >= 4 is 52.1 Å². The fourth-order valence-electron chi connectivity index (χ4n) is 1.69. The number of thioether (sulfide) groups is 1. The van der Waals surface area contributed by atoms with Crippen LogP contribution in [-0.2, 0) is 4.79 Å². The largest absolute Gasteiger partial charge is 0.377 e. The van der Waals surface area contributed by atoms with Gasteiger partial charge in [0.15, 0.2) is 6.29 Å². The fourth-order valence-corrected chi connectivity index (χ4v) is 2.03. The van der Waals surface area contributed by atoms with Crippen LogP contribution in [0.1, 0.15) is 32.0 Å². The maximum atomic E-state index is 10.8. The molecule has 1 aromatic rings. The number of anilines is 1. The predicted octanol–water partition coefficient (Wildman–Crippen LogP) is 6.01. The number of alkyl halides is 1. The van der Waals surface area contributed by atoms with Crippen molar-refractivity contribution < 1.29 is 4.79 Å². The molecular formula is C22H37BrN4OS. The first kappa shape index (κ1) is 31.8. The number of nitrogens with one attached hydrogen (secondary N) is 1. The van der Waals surface area contributed by atoms with Crippen LogP contribution in [0.5, 0.6) is 0 Å². The van der Waals surface area contributed by atoms with Crippen molar-refractivity contribution in [3.63, 3.8) is 0 Å². The van der Waals surface area contributed by atoms with Crippen LogP contribution in [0.25, 0.3) is 6.08 Å². The molecule has 0 aliphatic rings. The molecule has 0 saturated carbocycles. The number of aldehydes is 1. The molecule has 0 atom stereocenters. The Hall–Kier alpha value is -1.86. The lowest BCUT2D eigenvalue weighted by Crippen LogP contribution is -2.11. The van der Waals surface area contributed by atoms with E-state index in [1.165, 1.54) is 18.1 Å². The summed E-state index contributed by atoms with van der Waals surface area (Å²) in [5, 5.41) is 7.56. The predicted molar refractivity (Wildman–Crippen MR) is 138 cm³/mol. The third-order valence-electron chi connectivity index (χ3n) is 2.98. The number of halogens is 1. The number of hydrogen-bond acceptors (Lipinski definition) is 5. The van der Waals surface area contributed by atoms with E-state index in [-0.39, 0.29) is 0 Å². The molecular weight excluding hydrogens is 448 g/mol.